The summed E-state index contributed by atoms with van der Waals surface area (Å²) in [7, 11) is 1.28. The van der Waals surface area contributed by atoms with Crippen LogP contribution in [0.25, 0.3) is 0 Å². The molecule has 1 aromatic heterocycles. The highest BCUT2D eigenvalue weighted by atomic mass is 32.1. The maximum atomic E-state index is 12.2. The molecule has 1 aromatic rings. The lowest BCUT2D eigenvalue weighted by Gasteiger charge is -2.26. The molecule has 0 saturated heterocycles. The molecule has 0 saturated carbocycles. The zero-order valence-corrected chi connectivity index (χ0v) is 13.9. The van der Waals surface area contributed by atoms with Gasteiger partial charge in [-0.3, -0.25) is 14.9 Å². The molecule has 0 radical (unpaired) electrons. The molecule has 0 fully saturated rings. The van der Waals surface area contributed by atoms with Gasteiger partial charge in [0.25, 0.3) is 0 Å². The number of thiazole rings is 1. The molecule has 1 aliphatic heterocycles. The first-order valence-corrected chi connectivity index (χ1v) is 8.12. The number of amides is 2. The number of hydrogen-bond donors (Lipinski definition) is 1. The Kier molecular flexibility index (Phi) is 5.91. The molecule has 9 heteroatoms. The van der Waals surface area contributed by atoms with Crippen molar-refractivity contribution in [3.63, 3.8) is 0 Å². The van der Waals surface area contributed by atoms with E-state index in [4.69, 9.17) is 4.74 Å². The minimum absolute atomic E-state index is 0.0837. The van der Waals surface area contributed by atoms with Crippen molar-refractivity contribution in [3.05, 3.63) is 10.6 Å². The van der Waals surface area contributed by atoms with Crippen LogP contribution >= 0.6 is 11.3 Å². The molecule has 2 amide bonds. The van der Waals surface area contributed by atoms with E-state index in [9.17, 15) is 14.4 Å². The lowest BCUT2D eigenvalue weighted by Crippen LogP contribution is -2.35. The zero-order valence-electron chi connectivity index (χ0n) is 13.1. The molecule has 8 nitrogen and oxygen atoms in total. The Bertz CT molecular complexity index is 601. The van der Waals surface area contributed by atoms with Crippen molar-refractivity contribution < 1.29 is 23.9 Å². The van der Waals surface area contributed by atoms with E-state index < -0.39 is 6.09 Å². The number of nitrogens with one attached hydrogen (secondary N) is 1. The van der Waals surface area contributed by atoms with Gasteiger partial charge in [0.15, 0.2) is 5.13 Å². The van der Waals surface area contributed by atoms with Crippen LogP contribution in [-0.4, -0.2) is 48.1 Å². The van der Waals surface area contributed by atoms with Crippen LogP contribution in [0.3, 0.4) is 0 Å². The van der Waals surface area contributed by atoms with Gasteiger partial charge in [-0.1, -0.05) is 11.3 Å². The molecule has 0 atom stereocenters. The quantitative estimate of drug-likeness (QED) is 0.816. The van der Waals surface area contributed by atoms with E-state index in [1.165, 1.54) is 18.4 Å². The van der Waals surface area contributed by atoms with Crippen LogP contribution < -0.4 is 5.32 Å². The van der Waals surface area contributed by atoms with Crippen LogP contribution in [0, 0.1) is 0 Å². The Labute approximate surface area is 137 Å². The van der Waals surface area contributed by atoms with E-state index in [2.05, 4.69) is 15.0 Å². The normalized spacial score (nSPS) is 13.2. The Morgan fingerprint density at radius 3 is 2.83 bits per heavy atom. The number of nitrogens with zero attached hydrogens (tertiary/aromatic N) is 2. The third-order valence-corrected chi connectivity index (χ3v) is 4.32. The molecule has 0 bridgehead atoms. The number of hydrogen-bond acceptors (Lipinski definition) is 7. The summed E-state index contributed by atoms with van der Waals surface area (Å²) in [5, 5.41) is 2.99. The lowest BCUT2D eigenvalue weighted by atomic mass is 10.1. The second kappa shape index (κ2) is 7.91. The highest BCUT2D eigenvalue weighted by Gasteiger charge is 2.25. The minimum Gasteiger partial charge on any atom is -0.466 e. The van der Waals surface area contributed by atoms with Gasteiger partial charge in [-0.05, 0) is 6.92 Å². The summed E-state index contributed by atoms with van der Waals surface area (Å²) in [6, 6.07) is 0. The fraction of sp³-hybridized carbons (Fsp3) is 0.571. The van der Waals surface area contributed by atoms with Crippen LogP contribution in [0.2, 0.25) is 0 Å². The summed E-state index contributed by atoms with van der Waals surface area (Å²) in [5.41, 5.74) is 0.885. The highest BCUT2D eigenvalue weighted by Crippen LogP contribution is 2.28. The number of aromatic nitrogens is 1. The van der Waals surface area contributed by atoms with Crippen molar-refractivity contribution in [2.75, 3.05) is 25.6 Å². The topological polar surface area (TPSA) is 97.8 Å². The molecule has 0 unspecified atom stereocenters. The smallest absolute Gasteiger partial charge is 0.413 e. The summed E-state index contributed by atoms with van der Waals surface area (Å²) in [4.78, 5) is 41.6. The predicted molar refractivity (Wildman–Crippen MR) is 83.1 cm³/mol. The summed E-state index contributed by atoms with van der Waals surface area (Å²) in [6.45, 7) is 3.04. The van der Waals surface area contributed by atoms with Crippen molar-refractivity contribution in [2.45, 2.75) is 32.7 Å². The van der Waals surface area contributed by atoms with Gasteiger partial charge in [-0.2, -0.15) is 0 Å². The van der Waals surface area contributed by atoms with Crippen LogP contribution in [0.5, 0.6) is 0 Å². The molecule has 0 spiro atoms. The monoisotopic (exact) mass is 341 g/mol. The van der Waals surface area contributed by atoms with Gasteiger partial charge in [0, 0.05) is 24.3 Å². The Hall–Kier alpha value is -2.16. The summed E-state index contributed by atoms with van der Waals surface area (Å²) >= 11 is 1.32. The first kappa shape index (κ1) is 17.2. The highest BCUT2D eigenvalue weighted by molar-refractivity contribution is 7.15. The molecule has 2 rings (SSSR count). The summed E-state index contributed by atoms with van der Waals surface area (Å²) < 4.78 is 9.35. The number of ether oxygens (including phenoxy) is 2. The van der Waals surface area contributed by atoms with Gasteiger partial charge in [-0.15, -0.1) is 0 Å². The molecule has 0 aliphatic carbocycles. The fourth-order valence-electron chi connectivity index (χ4n) is 2.20. The third kappa shape index (κ3) is 4.65. The Morgan fingerprint density at radius 2 is 2.13 bits per heavy atom. The van der Waals surface area contributed by atoms with Crippen molar-refractivity contribution in [3.8, 4) is 0 Å². The van der Waals surface area contributed by atoms with Crippen molar-refractivity contribution >= 4 is 34.4 Å². The Balaban J connectivity index is 1.90. The molecule has 0 aromatic carbocycles. The number of esters is 1. The molecule has 23 heavy (non-hydrogen) atoms. The number of anilines is 1. The van der Waals surface area contributed by atoms with E-state index in [1.54, 1.807) is 11.8 Å². The number of methoxy groups -OCH3 is 1. The fourth-order valence-corrected chi connectivity index (χ4v) is 3.21. The number of fused-ring (bicyclic) bond motifs is 1. The molecule has 126 valence electrons. The standard InChI is InChI=1S/C14H19N3O5S/c1-3-22-12(19)5-4-11(18)17-7-6-9-10(8-17)23-13(15-9)16-14(20)21-2/h3-8H2,1-2H3,(H,15,16,20). The van der Waals surface area contributed by atoms with Crippen molar-refractivity contribution in [1.82, 2.24) is 9.88 Å². The maximum Gasteiger partial charge on any atom is 0.413 e. The average Bonchev–Trinajstić information content (AvgIpc) is 2.93. The first-order valence-electron chi connectivity index (χ1n) is 7.30. The predicted octanol–water partition coefficient (Wildman–Crippen LogP) is 1.55. The molecule has 1 N–H and O–H groups in total. The molecule has 2 heterocycles. The number of carbonyl (C=O) groups excluding carboxylic acids is 3. The van der Waals surface area contributed by atoms with Crippen LogP contribution in [0.15, 0.2) is 0 Å². The van der Waals surface area contributed by atoms with Crippen molar-refractivity contribution in [1.29, 1.82) is 0 Å². The second-order valence-corrected chi connectivity index (χ2v) is 5.96. The van der Waals surface area contributed by atoms with Gasteiger partial charge in [0.2, 0.25) is 5.91 Å². The number of rotatable bonds is 5. The number of carbonyl (C=O) groups is 3. The molecule has 1 aliphatic rings. The Morgan fingerprint density at radius 1 is 1.35 bits per heavy atom. The van der Waals surface area contributed by atoms with Crippen molar-refractivity contribution in [2.24, 2.45) is 0 Å². The van der Waals surface area contributed by atoms with Crippen LogP contribution in [-0.2, 0) is 32.0 Å². The summed E-state index contributed by atoms with van der Waals surface area (Å²) in [5.74, 6) is -0.444. The first-order chi connectivity index (χ1) is 11.0. The minimum atomic E-state index is -0.571. The third-order valence-electron chi connectivity index (χ3n) is 3.33. The average molecular weight is 341 g/mol. The molecular formula is C14H19N3O5S. The van der Waals surface area contributed by atoms with Crippen LogP contribution in [0.1, 0.15) is 30.3 Å². The van der Waals surface area contributed by atoms with E-state index in [1.807, 2.05) is 0 Å². The second-order valence-electron chi connectivity index (χ2n) is 4.88. The van der Waals surface area contributed by atoms with Gasteiger partial charge < -0.3 is 14.4 Å². The van der Waals surface area contributed by atoms with Gasteiger partial charge in [0.1, 0.15) is 0 Å². The van der Waals surface area contributed by atoms with Gasteiger partial charge in [0.05, 0.1) is 32.4 Å². The van der Waals surface area contributed by atoms with E-state index in [-0.39, 0.29) is 24.7 Å². The largest absolute Gasteiger partial charge is 0.466 e. The van der Waals surface area contributed by atoms with E-state index >= 15 is 0 Å². The maximum absolute atomic E-state index is 12.2. The van der Waals surface area contributed by atoms with E-state index in [0.717, 1.165) is 10.6 Å². The van der Waals surface area contributed by atoms with E-state index in [0.29, 0.717) is 31.2 Å². The SMILES string of the molecule is CCOC(=O)CCC(=O)N1CCc2nc(NC(=O)OC)sc2C1. The lowest BCUT2D eigenvalue weighted by molar-refractivity contribution is -0.145. The van der Waals surface area contributed by atoms with Gasteiger partial charge in [-0.25, -0.2) is 9.78 Å². The van der Waals surface area contributed by atoms with Crippen LogP contribution in [0.4, 0.5) is 9.93 Å². The summed E-state index contributed by atoms with van der Waals surface area (Å²) in [6.07, 6.45) is 0.284. The van der Waals surface area contributed by atoms with Gasteiger partial charge >= 0.3 is 12.1 Å². The molecular weight excluding hydrogens is 322 g/mol. The zero-order chi connectivity index (χ0) is 16.8.